The highest BCUT2D eigenvalue weighted by Gasteiger charge is 2.11. The normalized spacial score (nSPS) is 10.7. The Morgan fingerprint density at radius 2 is 2.00 bits per heavy atom. The molecule has 0 aliphatic heterocycles. The molecule has 0 saturated carbocycles. The van der Waals surface area contributed by atoms with Crippen molar-refractivity contribution in [2.24, 2.45) is 0 Å². The quantitative estimate of drug-likeness (QED) is 0.361. The van der Waals surface area contributed by atoms with Gasteiger partial charge in [0.2, 0.25) is 11.8 Å². The lowest BCUT2D eigenvalue weighted by molar-refractivity contribution is -0.121. The zero-order valence-electron chi connectivity index (χ0n) is 17.9. The first-order valence-corrected chi connectivity index (χ1v) is 10.8. The minimum absolute atomic E-state index is 0.111. The predicted molar refractivity (Wildman–Crippen MR) is 125 cm³/mol. The van der Waals surface area contributed by atoms with Crippen LogP contribution in [0.15, 0.2) is 66.9 Å². The van der Waals surface area contributed by atoms with Crippen LogP contribution in [-0.2, 0) is 17.9 Å². The molecule has 0 atom stereocenters. The van der Waals surface area contributed by atoms with E-state index in [4.69, 9.17) is 17.0 Å². The van der Waals surface area contributed by atoms with Crippen molar-refractivity contribution in [3.05, 3.63) is 88.6 Å². The van der Waals surface area contributed by atoms with E-state index in [9.17, 15) is 9.18 Å². The number of benzene rings is 2. The molecule has 2 aromatic heterocycles. The second-order valence-electron chi connectivity index (χ2n) is 7.46. The van der Waals surface area contributed by atoms with E-state index in [1.165, 1.54) is 24.3 Å². The van der Waals surface area contributed by atoms with Gasteiger partial charge < -0.3 is 10.1 Å². The number of hydrogen-bond acceptors (Lipinski definition) is 5. The zero-order valence-corrected chi connectivity index (χ0v) is 18.7. The summed E-state index contributed by atoms with van der Waals surface area (Å²) in [6, 6.07) is 17.2. The summed E-state index contributed by atoms with van der Waals surface area (Å²) < 4.78 is 20.9. The number of H-pyrrole nitrogens is 1. The minimum atomic E-state index is -0.331. The van der Waals surface area contributed by atoms with E-state index in [-0.39, 0.29) is 18.1 Å². The number of carbonyl (C=O) groups excluding carboxylic acids is 1. The lowest BCUT2D eigenvalue weighted by Gasteiger charge is -2.09. The SMILES string of the molecule is Cc1cccc(-c2n[nH]c(=S)n2CCC(=O)NCc2ccc(Oc3ccc(F)cc3)nc2)c1. The smallest absolute Gasteiger partial charge is 0.222 e. The first-order chi connectivity index (χ1) is 16.0. The first kappa shape index (κ1) is 22.3. The van der Waals surface area contributed by atoms with Crippen molar-refractivity contribution in [2.45, 2.75) is 26.4 Å². The van der Waals surface area contributed by atoms with Gasteiger partial charge in [-0.15, -0.1) is 0 Å². The molecule has 0 aliphatic rings. The van der Waals surface area contributed by atoms with E-state index in [2.05, 4.69) is 20.5 Å². The van der Waals surface area contributed by atoms with Crippen LogP contribution in [0, 0.1) is 17.5 Å². The Kier molecular flexibility index (Phi) is 6.89. The Balaban J connectivity index is 1.30. The number of nitrogens with zero attached hydrogens (tertiary/aromatic N) is 3. The summed E-state index contributed by atoms with van der Waals surface area (Å²) in [6.07, 6.45) is 1.88. The highest BCUT2D eigenvalue weighted by molar-refractivity contribution is 7.71. The molecule has 2 aromatic carbocycles. The van der Waals surface area contributed by atoms with Crippen molar-refractivity contribution >= 4 is 18.1 Å². The molecular formula is C24H22FN5O2S. The Bertz CT molecular complexity index is 1300. The van der Waals surface area contributed by atoms with Crippen LogP contribution >= 0.6 is 12.2 Å². The predicted octanol–water partition coefficient (Wildman–Crippen LogP) is 4.95. The van der Waals surface area contributed by atoms with Crippen LogP contribution in [-0.4, -0.2) is 25.7 Å². The van der Waals surface area contributed by atoms with Gasteiger partial charge in [-0.25, -0.2) is 9.37 Å². The van der Waals surface area contributed by atoms with E-state index in [0.717, 1.165) is 16.7 Å². The molecule has 0 unspecified atom stereocenters. The third-order valence-electron chi connectivity index (χ3n) is 4.92. The number of nitrogens with one attached hydrogen (secondary N) is 2. The number of rotatable bonds is 8. The molecule has 4 rings (SSSR count). The van der Waals surface area contributed by atoms with Crippen molar-refractivity contribution in [3.63, 3.8) is 0 Å². The molecule has 0 fully saturated rings. The van der Waals surface area contributed by atoms with Gasteiger partial charge in [0, 0.05) is 37.3 Å². The second-order valence-corrected chi connectivity index (χ2v) is 7.85. The van der Waals surface area contributed by atoms with Crippen LogP contribution in [0.1, 0.15) is 17.5 Å². The molecule has 2 N–H and O–H groups in total. The summed E-state index contributed by atoms with van der Waals surface area (Å²) in [7, 11) is 0. The number of amides is 1. The molecule has 0 saturated heterocycles. The van der Waals surface area contributed by atoms with Gasteiger partial charge in [0.1, 0.15) is 11.6 Å². The summed E-state index contributed by atoms with van der Waals surface area (Å²) in [5.74, 6) is 1.14. The van der Waals surface area contributed by atoms with Crippen LogP contribution in [0.4, 0.5) is 4.39 Å². The first-order valence-electron chi connectivity index (χ1n) is 10.4. The molecular weight excluding hydrogens is 441 g/mol. The number of aryl methyl sites for hydroxylation is 1. The maximum atomic E-state index is 13.0. The molecule has 0 radical (unpaired) electrons. The van der Waals surface area contributed by atoms with Crippen molar-refractivity contribution in [3.8, 4) is 23.0 Å². The number of ether oxygens (including phenoxy) is 1. The highest BCUT2D eigenvalue weighted by Crippen LogP contribution is 2.20. The third-order valence-corrected chi connectivity index (χ3v) is 5.23. The fourth-order valence-corrected chi connectivity index (χ4v) is 3.45. The molecule has 4 aromatic rings. The molecule has 7 nitrogen and oxygen atoms in total. The largest absolute Gasteiger partial charge is 0.439 e. The summed E-state index contributed by atoms with van der Waals surface area (Å²) in [6.45, 7) is 2.76. The van der Waals surface area contributed by atoms with Gasteiger partial charge in [0.25, 0.3) is 0 Å². The van der Waals surface area contributed by atoms with Gasteiger partial charge in [-0.2, -0.15) is 5.10 Å². The van der Waals surface area contributed by atoms with Gasteiger partial charge in [0.15, 0.2) is 10.6 Å². The monoisotopic (exact) mass is 463 g/mol. The van der Waals surface area contributed by atoms with Gasteiger partial charge >= 0.3 is 0 Å². The Labute approximate surface area is 195 Å². The summed E-state index contributed by atoms with van der Waals surface area (Å²) >= 11 is 5.34. The van der Waals surface area contributed by atoms with Crippen LogP contribution in [0.5, 0.6) is 11.6 Å². The van der Waals surface area contributed by atoms with E-state index >= 15 is 0 Å². The number of halogens is 1. The summed E-state index contributed by atoms with van der Waals surface area (Å²) in [4.78, 5) is 16.6. The topological polar surface area (TPSA) is 84.8 Å². The lowest BCUT2D eigenvalue weighted by atomic mass is 10.1. The molecule has 168 valence electrons. The Hall–Kier alpha value is -3.85. The van der Waals surface area contributed by atoms with Crippen molar-refractivity contribution in [1.29, 1.82) is 0 Å². The maximum Gasteiger partial charge on any atom is 0.222 e. The number of pyridine rings is 1. The van der Waals surface area contributed by atoms with E-state index in [1.54, 1.807) is 12.3 Å². The van der Waals surface area contributed by atoms with Gasteiger partial charge in [-0.1, -0.05) is 29.8 Å². The van der Waals surface area contributed by atoms with Gasteiger partial charge in [-0.3, -0.25) is 14.5 Å². The van der Waals surface area contributed by atoms with Crippen LogP contribution in [0.25, 0.3) is 11.4 Å². The number of aromatic nitrogens is 4. The van der Waals surface area contributed by atoms with Crippen molar-refractivity contribution < 1.29 is 13.9 Å². The van der Waals surface area contributed by atoms with E-state index in [0.29, 0.717) is 35.3 Å². The van der Waals surface area contributed by atoms with Gasteiger partial charge in [0.05, 0.1) is 0 Å². The van der Waals surface area contributed by atoms with E-state index < -0.39 is 0 Å². The fourth-order valence-electron chi connectivity index (χ4n) is 3.23. The van der Waals surface area contributed by atoms with Crippen LogP contribution < -0.4 is 10.1 Å². The van der Waals surface area contributed by atoms with Crippen molar-refractivity contribution in [1.82, 2.24) is 25.1 Å². The molecule has 0 bridgehead atoms. The molecule has 0 spiro atoms. The second kappa shape index (κ2) is 10.2. The molecule has 2 heterocycles. The van der Waals surface area contributed by atoms with E-state index in [1.807, 2.05) is 41.8 Å². The maximum absolute atomic E-state index is 13.0. The Morgan fingerprint density at radius 3 is 2.73 bits per heavy atom. The van der Waals surface area contributed by atoms with Crippen LogP contribution in [0.2, 0.25) is 0 Å². The zero-order chi connectivity index (χ0) is 23.2. The highest BCUT2D eigenvalue weighted by atomic mass is 32.1. The molecule has 33 heavy (non-hydrogen) atoms. The number of aromatic amines is 1. The molecule has 9 heteroatoms. The van der Waals surface area contributed by atoms with Crippen LogP contribution in [0.3, 0.4) is 0 Å². The standard InChI is InChI=1S/C24H22FN5O2S/c1-16-3-2-4-18(13-16)23-28-29-24(33)30(23)12-11-21(31)26-14-17-5-10-22(27-15-17)32-20-8-6-19(25)7-9-20/h2-10,13,15H,11-12,14H2,1H3,(H,26,31)(H,29,33). The summed E-state index contributed by atoms with van der Waals surface area (Å²) in [5.41, 5.74) is 2.89. The number of carbonyl (C=O) groups is 1. The van der Waals surface area contributed by atoms with Crippen molar-refractivity contribution in [2.75, 3.05) is 0 Å². The average molecular weight is 464 g/mol. The average Bonchev–Trinajstić information content (AvgIpc) is 3.19. The number of hydrogen-bond donors (Lipinski definition) is 2. The van der Waals surface area contributed by atoms with Gasteiger partial charge in [-0.05, 0) is 55.0 Å². The third kappa shape index (κ3) is 5.89. The Morgan fingerprint density at radius 1 is 1.18 bits per heavy atom. The lowest BCUT2D eigenvalue weighted by Crippen LogP contribution is -2.24. The summed E-state index contributed by atoms with van der Waals surface area (Å²) in [5, 5.41) is 10.0. The minimum Gasteiger partial charge on any atom is -0.439 e. The molecule has 0 aliphatic carbocycles. The molecule has 1 amide bonds. The fraction of sp³-hybridized carbons (Fsp3) is 0.167.